The third-order valence-electron chi connectivity index (χ3n) is 4.34. The molecule has 1 heterocycles. The number of thiazole rings is 1. The van der Waals surface area contributed by atoms with Gasteiger partial charge in [0, 0.05) is 13.1 Å². The van der Waals surface area contributed by atoms with Gasteiger partial charge in [0.15, 0.2) is 15.0 Å². The fourth-order valence-electron chi connectivity index (χ4n) is 2.70. The maximum atomic E-state index is 13.5. The lowest BCUT2D eigenvalue weighted by molar-refractivity contribution is -0.116. The molecule has 0 N–H and O–H groups in total. The van der Waals surface area contributed by atoms with Crippen molar-refractivity contribution < 1.29 is 17.6 Å². The molecule has 2 aromatic carbocycles. The van der Waals surface area contributed by atoms with Crippen molar-refractivity contribution in [1.82, 2.24) is 9.88 Å². The van der Waals surface area contributed by atoms with Gasteiger partial charge in [0.2, 0.25) is 5.91 Å². The van der Waals surface area contributed by atoms with Crippen LogP contribution in [-0.4, -0.2) is 57.1 Å². The zero-order valence-electron chi connectivity index (χ0n) is 16.8. The molecular weight excluding hydrogens is 449 g/mol. The van der Waals surface area contributed by atoms with E-state index < -0.39 is 21.5 Å². The number of anilines is 1. The predicted octanol–water partition coefficient (Wildman–Crippen LogP) is 3.53. The Morgan fingerprint density at radius 2 is 1.77 bits per heavy atom. The summed E-state index contributed by atoms with van der Waals surface area (Å²) in [7, 11) is -0.0715. The van der Waals surface area contributed by atoms with E-state index in [-0.39, 0.29) is 29.7 Å². The van der Waals surface area contributed by atoms with E-state index in [0.29, 0.717) is 21.9 Å². The molecule has 0 fully saturated rings. The Labute approximate surface area is 185 Å². The first-order valence-electron chi connectivity index (χ1n) is 8.96. The molecule has 0 aliphatic rings. The summed E-state index contributed by atoms with van der Waals surface area (Å²) in [5.41, 5.74) is 1.50. The van der Waals surface area contributed by atoms with Crippen LogP contribution < -0.4 is 4.90 Å². The van der Waals surface area contributed by atoms with Gasteiger partial charge in [-0.05, 0) is 51.4 Å². The average Bonchev–Trinajstić information content (AvgIpc) is 3.04. The Morgan fingerprint density at radius 3 is 2.40 bits per heavy atom. The number of fused-ring (bicyclic) bond motifs is 1. The molecule has 0 aliphatic heterocycles. The van der Waals surface area contributed by atoms with Crippen molar-refractivity contribution in [3.8, 4) is 0 Å². The number of carbonyl (C=O) groups excluding carboxylic acids is 1. The number of aromatic nitrogens is 1. The summed E-state index contributed by atoms with van der Waals surface area (Å²) < 4.78 is 39.6. The van der Waals surface area contributed by atoms with Crippen LogP contribution in [0.3, 0.4) is 0 Å². The summed E-state index contributed by atoms with van der Waals surface area (Å²) in [4.78, 5) is 20.8. The Kier molecular flexibility index (Phi) is 7.93. The summed E-state index contributed by atoms with van der Waals surface area (Å²) in [6, 6.07) is 10.6. The fourth-order valence-corrected chi connectivity index (χ4v) is 4.93. The normalized spacial score (nSPS) is 11.5. The highest BCUT2D eigenvalue weighted by Crippen LogP contribution is 2.29. The number of rotatable bonds is 7. The second-order valence-corrected chi connectivity index (χ2v) is 10.0. The highest BCUT2D eigenvalue weighted by molar-refractivity contribution is 7.92. The molecule has 0 atom stereocenters. The maximum absolute atomic E-state index is 13.5. The molecule has 1 amide bonds. The average molecular weight is 472 g/mol. The summed E-state index contributed by atoms with van der Waals surface area (Å²) in [5.74, 6) is -1.61. The van der Waals surface area contributed by atoms with Crippen molar-refractivity contribution in [2.45, 2.75) is 11.8 Å². The number of sulfone groups is 1. The molecule has 10 heteroatoms. The Hall–Kier alpha value is -2.07. The molecule has 162 valence electrons. The molecule has 3 rings (SSSR count). The van der Waals surface area contributed by atoms with Gasteiger partial charge in [-0.2, -0.15) is 0 Å². The van der Waals surface area contributed by atoms with Gasteiger partial charge in [-0.3, -0.25) is 9.69 Å². The first kappa shape index (κ1) is 24.2. The van der Waals surface area contributed by atoms with E-state index in [0.717, 1.165) is 16.9 Å². The van der Waals surface area contributed by atoms with Crippen LogP contribution >= 0.6 is 23.7 Å². The van der Waals surface area contributed by atoms with E-state index in [4.69, 9.17) is 0 Å². The van der Waals surface area contributed by atoms with Crippen LogP contribution in [0.4, 0.5) is 9.52 Å². The van der Waals surface area contributed by atoms with Gasteiger partial charge < -0.3 is 4.90 Å². The van der Waals surface area contributed by atoms with E-state index in [2.05, 4.69) is 4.98 Å². The second kappa shape index (κ2) is 9.82. The van der Waals surface area contributed by atoms with Gasteiger partial charge in [-0.15, -0.1) is 12.4 Å². The molecule has 0 unspecified atom stereocenters. The van der Waals surface area contributed by atoms with E-state index >= 15 is 0 Å². The van der Waals surface area contributed by atoms with Crippen LogP contribution in [0.5, 0.6) is 0 Å². The SMILES string of the molecule is Cc1ccc(S(=O)(=O)CC(=O)N(CCN(C)C)c2nc3ccc(F)cc3s2)cc1.Cl. The lowest BCUT2D eigenvalue weighted by atomic mass is 10.2. The molecule has 0 spiro atoms. The van der Waals surface area contributed by atoms with Crippen molar-refractivity contribution in [3.05, 3.63) is 53.8 Å². The first-order valence-corrected chi connectivity index (χ1v) is 11.4. The quantitative estimate of drug-likeness (QED) is 0.527. The smallest absolute Gasteiger partial charge is 0.244 e. The van der Waals surface area contributed by atoms with Gasteiger partial charge >= 0.3 is 0 Å². The molecule has 1 aromatic heterocycles. The van der Waals surface area contributed by atoms with Crippen molar-refractivity contribution >= 4 is 54.8 Å². The molecule has 0 aliphatic carbocycles. The standard InChI is InChI=1S/C20H22FN3O3S2.ClH/c1-14-4-7-16(8-5-14)29(26,27)13-19(25)24(11-10-23(2)3)20-22-17-9-6-15(21)12-18(17)28-20;/h4-9,12H,10-11,13H2,1-3H3;1H. The van der Waals surface area contributed by atoms with Crippen LogP contribution in [0.1, 0.15) is 5.56 Å². The largest absolute Gasteiger partial charge is 0.308 e. The second-order valence-electron chi connectivity index (χ2n) is 7.03. The van der Waals surface area contributed by atoms with Crippen LogP contribution in [0.15, 0.2) is 47.4 Å². The minimum atomic E-state index is -3.79. The van der Waals surface area contributed by atoms with Crippen molar-refractivity contribution in [1.29, 1.82) is 0 Å². The molecule has 30 heavy (non-hydrogen) atoms. The maximum Gasteiger partial charge on any atom is 0.244 e. The number of carbonyl (C=O) groups is 1. The summed E-state index contributed by atoms with van der Waals surface area (Å²) in [6.07, 6.45) is 0. The predicted molar refractivity (Wildman–Crippen MR) is 121 cm³/mol. The van der Waals surface area contributed by atoms with E-state index in [1.54, 1.807) is 18.2 Å². The van der Waals surface area contributed by atoms with Crippen LogP contribution in [0, 0.1) is 12.7 Å². The van der Waals surface area contributed by atoms with Crippen molar-refractivity contribution in [3.63, 3.8) is 0 Å². The zero-order valence-corrected chi connectivity index (χ0v) is 19.3. The number of likely N-dealkylation sites (N-methyl/N-ethyl adjacent to an activating group) is 1. The topological polar surface area (TPSA) is 70.6 Å². The fraction of sp³-hybridized carbons (Fsp3) is 0.300. The highest BCUT2D eigenvalue weighted by Gasteiger charge is 2.26. The molecule has 3 aromatic rings. The van der Waals surface area contributed by atoms with Gasteiger partial charge in [0.05, 0.1) is 15.1 Å². The van der Waals surface area contributed by atoms with E-state index in [1.165, 1.54) is 29.2 Å². The van der Waals surface area contributed by atoms with Gasteiger partial charge in [0.25, 0.3) is 0 Å². The molecule has 0 bridgehead atoms. The lowest BCUT2D eigenvalue weighted by Crippen LogP contribution is -2.40. The summed E-state index contributed by atoms with van der Waals surface area (Å²) in [6.45, 7) is 2.67. The molecular formula is C20H23ClFN3O3S2. The number of aryl methyl sites for hydroxylation is 1. The first-order chi connectivity index (χ1) is 13.7. The molecule has 0 saturated heterocycles. The number of halogens is 2. The third kappa shape index (κ3) is 5.75. The minimum Gasteiger partial charge on any atom is -0.308 e. The summed E-state index contributed by atoms with van der Waals surface area (Å²) in [5, 5.41) is 0.358. The van der Waals surface area contributed by atoms with Crippen molar-refractivity contribution in [2.75, 3.05) is 37.8 Å². The van der Waals surface area contributed by atoms with E-state index in [1.807, 2.05) is 25.9 Å². The van der Waals surface area contributed by atoms with Crippen LogP contribution in [0.25, 0.3) is 10.2 Å². The number of nitrogens with zero attached hydrogens (tertiary/aromatic N) is 3. The Bertz CT molecular complexity index is 1130. The van der Waals surface area contributed by atoms with Gasteiger partial charge in [-0.25, -0.2) is 17.8 Å². The zero-order chi connectivity index (χ0) is 21.2. The van der Waals surface area contributed by atoms with Crippen molar-refractivity contribution in [2.24, 2.45) is 0 Å². The molecule has 0 radical (unpaired) electrons. The molecule has 0 saturated carbocycles. The molecule has 6 nitrogen and oxygen atoms in total. The third-order valence-corrected chi connectivity index (χ3v) is 6.99. The summed E-state index contributed by atoms with van der Waals surface area (Å²) >= 11 is 1.16. The number of hydrogen-bond donors (Lipinski definition) is 0. The Balaban J connectivity index is 0.00000320. The van der Waals surface area contributed by atoms with E-state index in [9.17, 15) is 17.6 Å². The highest BCUT2D eigenvalue weighted by atomic mass is 35.5. The van der Waals surface area contributed by atoms with Gasteiger partial charge in [-0.1, -0.05) is 29.0 Å². The number of benzene rings is 2. The minimum absolute atomic E-state index is 0. The van der Waals surface area contributed by atoms with Crippen LogP contribution in [-0.2, 0) is 14.6 Å². The van der Waals surface area contributed by atoms with Gasteiger partial charge in [0.1, 0.15) is 11.6 Å². The number of amides is 1. The van der Waals surface area contributed by atoms with Crippen LogP contribution in [0.2, 0.25) is 0 Å². The number of hydrogen-bond acceptors (Lipinski definition) is 6. The monoisotopic (exact) mass is 471 g/mol. The Morgan fingerprint density at radius 1 is 1.10 bits per heavy atom. The lowest BCUT2D eigenvalue weighted by Gasteiger charge is -2.22.